The molecule has 0 saturated carbocycles. The Kier molecular flexibility index (Phi) is 6.09. The molecule has 4 aromatic rings. The van der Waals surface area contributed by atoms with Gasteiger partial charge in [-0.15, -0.1) is 11.3 Å². The molecule has 0 aromatic carbocycles. The number of nitrogens with one attached hydrogen (secondary N) is 1. The van der Waals surface area contributed by atoms with E-state index in [-0.39, 0.29) is 17.9 Å². The number of aryl methyl sites for hydroxylation is 1. The molecule has 178 valence electrons. The summed E-state index contributed by atoms with van der Waals surface area (Å²) >= 11 is 1.66. The van der Waals surface area contributed by atoms with Crippen LogP contribution < -0.4 is 10.1 Å². The van der Waals surface area contributed by atoms with Crippen LogP contribution in [0.3, 0.4) is 0 Å². The summed E-state index contributed by atoms with van der Waals surface area (Å²) in [5.41, 5.74) is 3.01. The molecular formula is C24H28N6O3S. The molecule has 0 radical (unpaired) electrons. The Morgan fingerprint density at radius 3 is 3.03 bits per heavy atom. The lowest BCUT2D eigenvalue weighted by molar-refractivity contribution is -0.135. The largest absolute Gasteiger partial charge is 0.493 e. The van der Waals surface area contributed by atoms with Gasteiger partial charge in [0.1, 0.15) is 17.0 Å². The van der Waals surface area contributed by atoms with Gasteiger partial charge in [-0.1, -0.05) is 0 Å². The Hall–Kier alpha value is -3.24. The maximum absolute atomic E-state index is 13.1. The number of amides is 1. The minimum Gasteiger partial charge on any atom is -0.493 e. The molecule has 1 amide bonds. The number of likely N-dealkylation sites (N-methyl/N-ethyl adjacent to an activating group) is 1. The fourth-order valence-corrected chi connectivity index (χ4v) is 5.88. The molecule has 0 bridgehead atoms. The lowest BCUT2D eigenvalue weighted by atomic mass is 9.87. The van der Waals surface area contributed by atoms with E-state index in [2.05, 4.69) is 20.4 Å². The molecule has 4 heterocycles. The molecular weight excluding hydrogens is 452 g/mol. The van der Waals surface area contributed by atoms with E-state index in [1.54, 1.807) is 47.5 Å². The van der Waals surface area contributed by atoms with Crippen LogP contribution in [0, 0.1) is 5.92 Å². The van der Waals surface area contributed by atoms with Gasteiger partial charge in [-0.3, -0.25) is 4.79 Å². The molecule has 1 N–H and O–H groups in total. The predicted octanol–water partition coefficient (Wildman–Crippen LogP) is 3.69. The highest BCUT2D eigenvalue weighted by molar-refractivity contribution is 7.19. The first-order valence-corrected chi connectivity index (χ1v) is 12.1. The van der Waals surface area contributed by atoms with Crippen molar-refractivity contribution in [1.29, 1.82) is 0 Å². The summed E-state index contributed by atoms with van der Waals surface area (Å²) in [5, 5.41) is 8.77. The SMILES string of the molecule is COc1cn2nccc2cc1Nc1ncnc2sc3c(c12)CC[C@H](C(=O)N(C)CC(C)OC)C3. The zero-order valence-corrected chi connectivity index (χ0v) is 20.6. The first-order valence-electron chi connectivity index (χ1n) is 11.3. The second kappa shape index (κ2) is 9.19. The first-order chi connectivity index (χ1) is 16.5. The van der Waals surface area contributed by atoms with Crippen LogP contribution in [0.2, 0.25) is 0 Å². The number of fused-ring (bicyclic) bond motifs is 4. The van der Waals surface area contributed by atoms with Crippen molar-refractivity contribution in [2.24, 2.45) is 5.92 Å². The molecule has 10 heteroatoms. The van der Waals surface area contributed by atoms with Gasteiger partial charge in [0.25, 0.3) is 0 Å². The molecule has 9 nitrogen and oxygen atoms in total. The number of pyridine rings is 1. The molecule has 0 spiro atoms. The molecule has 1 aliphatic carbocycles. The number of thiophene rings is 1. The second-order valence-corrected chi connectivity index (χ2v) is 9.78. The minimum atomic E-state index is -0.0247. The summed E-state index contributed by atoms with van der Waals surface area (Å²) < 4.78 is 12.7. The van der Waals surface area contributed by atoms with Crippen LogP contribution in [0.1, 0.15) is 23.8 Å². The van der Waals surface area contributed by atoms with Crippen LogP contribution in [0.5, 0.6) is 5.75 Å². The highest BCUT2D eigenvalue weighted by Crippen LogP contribution is 2.41. The topological polar surface area (TPSA) is 93.9 Å². The van der Waals surface area contributed by atoms with Crippen LogP contribution in [0.25, 0.3) is 15.7 Å². The third-order valence-corrected chi connectivity index (χ3v) is 7.64. The zero-order valence-electron chi connectivity index (χ0n) is 19.7. The smallest absolute Gasteiger partial charge is 0.225 e. The van der Waals surface area contributed by atoms with Gasteiger partial charge in [0, 0.05) is 37.7 Å². The molecule has 0 saturated heterocycles. The number of methoxy groups -OCH3 is 2. The van der Waals surface area contributed by atoms with Crippen LogP contribution in [0.4, 0.5) is 11.5 Å². The van der Waals surface area contributed by atoms with E-state index in [0.29, 0.717) is 12.3 Å². The lowest BCUT2D eigenvalue weighted by Gasteiger charge is -2.28. The summed E-state index contributed by atoms with van der Waals surface area (Å²) in [4.78, 5) is 26.1. The van der Waals surface area contributed by atoms with Crippen molar-refractivity contribution in [2.45, 2.75) is 32.3 Å². The summed E-state index contributed by atoms with van der Waals surface area (Å²) in [6, 6.07) is 3.93. The van der Waals surface area contributed by atoms with E-state index in [1.165, 1.54) is 10.4 Å². The maximum atomic E-state index is 13.1. The van der Waals surface area contributed by atoms with E-state index in [0.717, 1.165) is 46.5 Å². The van der Waals surface area contributed by atoms with Gasteiger partial charge >= 0.3 is 0 Å². The Morgan fingerprint density at radius 1 is 1.38 bits per heavy atom. The van der Waals surface area contributed by atoms with E-state index in [1.807, 2.05) is 32.3 Å². The van der Waals surface area contributed by atoms with Crippen molar-refractivity contribution < 1.29 is 14.3 Å². The van der Waals surface area contributed by atoms with Crippen LogP contribution >= 0.6 is 11.3 Å². The molecule has 5 rings (SSSR count). The molecule has 1 unspecified atom stereocenters. The average molecular weight is 481 g/mol. The highest BCUT2D eigenvalue weighted by atomic mass is 32.1. The summed E-state index contributed by atoms with van der Waals surface area (Å²) in [6.45, 7) is 2.57. The maximum Gasteiger partial charge on any atom is 0.225 e. The van der Waals surface area contributed by atoms with Crippen molar-refractivity contribution in [3.05, 3.63) is 41.3 Å². The lowest BCUT2D eigenvalue weighted by Crippen LogP contribution is -2.39. The van der Waals surface area contributed by atoms with Crippen molar-refractivity contribution in [1.82, 2.24) is 24.5 Å². The van der Waals surface area contributed by atoms with E-state index in [9.17, 15) is 4.79 Å². The number of aromatic nitrogens is 4. The van der Waals surface area contributed by atoms with E-state index in [4.69, 9.17) is 9.47 Å². The van der Waals surface area contributed by atoms with E-state index < -0.39 is 0 Å². The quantitative estimate of drug-likeness (QED) is 0.431. The van der Waals surface area contributed by atoms with Gasteiger partial charge in [0.05, 0.1) is 36.0 Å². The van der Waals surface area contributed by atoms with Crippen molar-refractivity contribution >= 4 is 44.5 Å². The average Bonchev–Trinajstić information content (AvgIpc) is 3.46. The van der Waals surface area contributed by atoms with Gasteiger partial charge in [-0.2, -0.15) is 5.10 Å². The van der Waals surface area contributed by atoms with Crippen molar-refractivity contribution in [2.75, 3.05) is 33.1 Å². The zero-order chi connectivity index (χ0) is 23.8. The number of carbonyl (C=O) groups excluding carboxylic acids is 1. The normalized spacial score (nSPS) is 16.4. The molecule has 4 aromatic heterocycles. The Labute approximate surface area is 201 Å². The monoisotopic (exact) mass is 480 g/mol. The van der Waals surface area contributed by atoms with Gasteiger partial charge in [0.15, 0.2) is 5.75 Å². The van der Waals surface area contributed by atoms with Crippen molar-refractivity contribution in [3.63, 3.8) is 0 Å². The number of rotatable bonds is 7. The van der Waals surface area contributed by atoms with Crippen LogP contribution in [-0.4, -0.2) is 64.3 Å². The number of hydrogen-bond donors (Lipinski definition) is 1. The van der Waals surface area contributed by atoms with Gasteiger partial charge in [-0.25, -0.2) is 14.5 Å². The Morgan fingerprint density at radius 2 is 2.24 bits per heavy atom. The molecule has 0 aliphatic heterocycles. The van der Waals surface area contributed by atoms with Crippen molar-refractivity contribution in [3.8, 4) is 5.75 Å². The molecule has 2 atom stereocenters. The molecule has 1 aliphatic rings. The van der Waals surface area contributed by atoms with Crippen LogP contribution in [0.15, 0.2) is 30.9 Å². The summed E-state index contributed by atoms with van der Waals surface area (Å²) in [6.07, 6.45) is 7.55. The molecule has 0 fully saturated rings. The predicted molar refractivity (Wildman–Crippen MR) is 132 cm³/mol. The van der Waals surface area contributed by atoms with E-state index >= 15 is 0 Å². The third kappa shape index (κ3) is 4.07. The Bertz CT molecular complexity index is 1350. The number of hydrogen-bond acceptors (Lipinski definition) is 8. The highest BCUT2D eigenvalue weighted by Gasteiger charge is 2.31. The van der Waals surface area contributed by atoms with Crippen LogP contribution in [-0.2, 0) is 22.4 Å². The number of ether oxygens (including phenoxy) is 2. The third-order valence-electron chi connectivity index (χ3n) is 6.48. The van der Waals surface area contributed by atoms with Gasteiger partial charge in [0.2, 0.25) is 5.91 Å². The van der Waals surface area contributed by atoms with Gasteiger partial charge < -0.3 is 19.7 Å². The fourth-order valence-electron chi connectivity index (χ4n) is 4.61. The fraction of sp³-hybridized carbons (Fsp3) is 0.417. The Balaban J connectivity index is 1.44. The number of nitrogens with zero attached hydrogens (tertiary/aromatic N) is 5. The summed E-state index contributed by atoms with van der Waals surface area (Å²) in [7, 11) is 5.17. The standard InChI is InChI=1S/C24H28N6O3S/c1-14(32-3)11-29(2)24(31)15-5-6-17-20(9-15)34-23-21(17)22(25-13-26-23)28-18-10-16-7-8-27-30(16)12-19(18)33-4/h7-8,10,12-15H,5-6,9,11H2,1-4H3,(H,25,26,28)/t14?,15-/m0/s1. The number of anilines is 2. The second-order valence-electron chi connectivity index (χ2n) is 8.69. The minimum absolute atomic E-state index is 0.0140. The number of carbonyl (C=O) groups is 1. The summed E-state index contributed by atoms with van der Waals surface area (Å²) in [5.74, 6) is 1.57. The first kappa shape index (κ1) is 22.5. The molecule has 34 heavy (non-hydrogen) atoms. The van der Waals surface area contributed by atoms with Gasteiger partial charge in [-0.05, 0) is 43.9 Å².